The first-order valence-electron chi connectivity index (χ1n) is 10.1. The van der Waals surface area contributed by atoms with E-state index in [1.807, 2.05) is 0 Å². The maximum absolute atomic E-state index is 13.2. The molecule has 2 bridgehead atoms. The highest BCUT2D eigenvalue weighted by molar-refractivity contribution is 6.23. The van der Waals surface area contributed by atoms with Crippen molar-refractivity contribution in [1.82, 2.24) is 5.32 Å². The summed E-state index contributed by atoms with van der Waals surface area (Å²) in [4.78, 5) is 40.3. The number of carbonyl (C=O) groups excluding carboxylic acids is 3. The maximum atomic E-state index is 13.2. The molecule has 6 atom stereocenters. The highest BCUT2D eigenvalue weighted by atomic mass is 16.3. The zero-order chi connectivity index (χ0) is 19.7. The van der Waals surface area contributed by atoms with E-state index >= 15 is 0 Å². The molecule has 1 N–H and O–H groups in total. The van der Waals surface area contributed by atoms with Crippen LogP contribution in [0.1, 0.15) is 22.5 Å². The normalized spacial score (nSPS) is 33.6. The molecule has 2 saturated carbocycles. The van der Waals surface area contributed by atoms with Gasteiger partial charge in [-0.05, 0) is 60.4 Å². The highest BCUT2D eigenvalue weighted by Gasteiger charge is 2.67. The Morgan fingerprint density at radius 2 is 1.76 bits per heavy atom. The lowest BCUT2D eigenvalue weighted by atomic mass is 9.63. The number of rotatable bonds is 4. The van der Waals surface area contributed by atoms with Gasteiger partial charge in [-0.3, -0.25) is 14.4 Å². The molecule has 0 spiro atoms. The standard InChI is InChI=1S/C23H20N2O4/c26-21(24-11-14-5-2-8-29-14)12-3-1-4-13(9-12)25-22(27)19-15-6-7-16(18-10-17(15)18)20(19)23(25)28/h1-9,15-20H,10-11H2,(H,24,26)/t15-,16+,17-,18+,19-,20+. The Labute approximate surface area is 167 Å². The van der Waals surface area contributed by atoms with E-state index in [9.17, 15) is 14.4 Å². The predicted molar refractivity (Wildman–Crippen MR) is 104 cm³/mol. The number of allylic oxidation sites excluding steroid dienone is 2. The van der Waals surface area contributed by atoms with Crippen molar-refractivity contribution >= 4 is 23.4 Å². The molecule has 4 aliphatic carbocycles. The molecular formula is C23H20N2O4. The van der Waals surface area contributed by atoms with Crippen LogP contribution in [0.25, 0.3) is 0 Å². The molecule has 0 unspecified atom stereocenters. The van der Waals surface area contributed by atoms with E-state index in [0.717, 1.165) is 6.42 Å². The van der Waals surface area contributed by atoms with Gasteiger partial charge in [-0.15, -0.1) is 0 Å². The first kappa shape index (κ1) is 16.8. The van der Waals surface area contributed by atoms with E-state index in [1.54, 1.807) is 42.7 Å². The number of furan rings is 1. The summed E-state index contributed by atoms with van der Waals surface area (Å²) < 4.78 is 5.23. The number of amides is 3. The summed E-state index contributed by atoms with van der Waals surface area (Å²) in [6.07, 6.45) is 7.01. The van der Waals surface area contributed by atoms with Crippen molar-refractivity contribution in [3.63, 3.8) is 0 Å². The van der Waals surface area contributed by atoms with Crippen LogP contribution < -0.4 is 10.2 Å². The van der Waals surface area contributed by atoms with Gasteiger partial charge in [0.2, 0.25) is 11.8 Å². The van der Waals surface area contributed by atoms with Crippen molar-refractivity contribution in [2.24, 2.45) is 35.5 Å². The van der Waals surface area contributed by atoms with Gasteiger partial charge in [0.15, 0.2) is 0 Å². The van der Waals surface area contributed by atoms with Gasteiger partial charge in [-0.25, -0.2) is 4.90 Å². The van der Waals surface area contributed by atoms with Crippen molar-refractivity contribution in [3.8, 4) is 0 Å². The summed E-state index contributed by atoms with van der Waals surface area (Å²) in [6.45, 7) is 0.277. The number of nitrogens with zero attached hydrogens (tertiary/aromatic N) is 1. The van der Waals surface area contributed by atoms with Crippen LogP contribution in [0.15, 0.2) is 59.2 Å². The van der Waals surface area contributed by atoms with Gasteiger partial charge in [-0.2, -0.15) is 0 Å². The van der Waals surface area contributed by atoms with Crippen LogP contribution in [-0.4, -0.2) is 17.7 Å². The molecule has 3 amide bonds. The van der Waals surface area contributed by atoms with Crippen LogP contribution in [0.4, 0.5) is 5.69 Å². The fourth-order valence-electron chi connectivity index (χ4n) is 5.68. The minimum Gasteiger partial charge on any atom is -0.467 e. The SMILES string of the molecule is O=C(NCc1ccco1)c1cccc(N2C(=O)[C@@H]3[C@@H]4C=C[C@@H]([C@@H]5C[C@H]45)[C@@H]3C2=O)c1. The van der Waals surface area contributed by atoms with Crippen molar-refractivity contribution in [3.05, 3.63) is 66.1 Å². The van der Waals surface area contributed by atoms with Crippen LogP contribution in [-0.2, 0) is 16.1 Å². The Bertz CT molecular complexity index is 1020. The summed E-state index contributed by atoms with van der Waals surface area (Å²) in [6, 6.07) is 10.3. The molecule has 5 aliphatic rings. The lowest BCUT2D eigenvalue weighted by Gasteiger charge is -2.37. The zero-order valence-electron chi connectivity index (χ0n) is 15.7. The van der Waals surface area contributed by atoms with Crippen LogP contribution in [0.3, 0.4) is 0 Å². The first-order valence-corrected chi connectivity index (χ1v) is 10.1. The lowest BCUT2D eigenvalue weighted by Crippen LogP contribution is -2.40. The molecule has 1 aliphatic heterocycles. The molecular weight excluding hydrogens is 368 g/mol. The number of hydrogen-bond acceptors (Lipinski definition) is 4. The predicted octanol–water partition coefficient (Wildman–Crippen LogP) is 2.77. The minimum atomic E-state index is -0.275. The quantitative estimate of drug-likeness (QED) is 0.645. The third-order valence-electron chi connectivity index (χ3n) is 7.03. The molecule has 1 aromatic heterocycles. The van der Waals surface area contributed by atoms with Gasteiger partial charge in [0.25, 0.3) is 5.91 Å². The fourth-order valence-corrected chi connectivity index (χ4v) is 5.68. The average Bonchev–Trinajstić information content (AvgIpc) is 3.33. The van der Waals surface area contributed by atoms with E-state index in [-0.39, 0.29) is 47.9 Å². The van der Waals surface area contributed by atoms with E-state index < -0.39 is 0 Å². The summed E-state index contributed by atoms with van der Waals surface area (Å²) in [5.74, 6) is 1.20. The molecule has 1 aromatic carbocycles. The molecule has 1 saturated heterocycles. The zero-order valence-corrected chi connectivity index (χ0v) is 15.7. The molecule has 146 valence electrons. The van der Waals surface area contributed by atoms with Crippen molar-refractivity contribution in [1.29, 1.82) is 0 Å². The van der Waals surface area contributed by atoms with Crippen molar-refractivity contribution in [2.75, 3.05) is 4.90 Å². The maximum Gasteiger partial charge on any atom is 0.251 e. The number of nitrogens with one attached hydrogen (secondary N) is 1. The van der Waals surface area contributed by atoms with E-state index in [4.69, 9.17) is 4.42 Å². The van der Waals surface area contributed by atoms with Crippen LogP contribution >= 0.6 is 0 Å². The number of carbonyl (C=O) groups is 3. The van der Waals surface area contributed by atoms with Gasteiger partial charge < -0.3 is 9.73 Å². The molecule has 7 rings (SSSR count). The van der Waals surface area contributed by atoms with Gasteiger partial charge in [0, 0.05) is 5.56 Å². The molecule has 2 aromatic rings. The summed E-state index contributed by atoms with van der Waals surface area (Å²) >= 11 is 0. The second-order valence-corrected chi connectivity index (χ2v) is 8.48. The van der Waals surface area contributed by atoms with Crippen LogP contribution in [0, 0.1) is 35.5 Å². The van der Waals surface area contributed by atoms with Gasteiger partial charge in [0.1, 0.15) is 5.76 Å². The van der Waals surface area contributed by atoms with E-state index in [2.05, 4.69) is 17.5 Å². The highest BCUT2D eigenvalue weighted by Crippen LogP contribution is 2.65. The monoisotopic (exact) mass is 388 g/mol. The van der Waals surface area contributed by atoms with Gasteiger partial charge in [0.05, 0.1) is 30.3 Å². The lowest BCUT2D eigenvalue weighted by molar-refractivity contribution is -0.124. The molecule has 6 heteroatoms. The van der Waals surface area contributed by atoms with Gasteiger partial charge >= 0.3 is 0 Å². The minimum absolute atomic E-state index is 0.113. The fraction of sp³-hybridized carbons (Fsp3) is 0.348. The topological polar surface area (TPSA) is 79.6 Å². The third kappa shape index (κ3) is 2.38. The van der Waals surface area contributed by atoms with Crippen LogP contribution in [0.5, 0.6) is 0 Å². The number of benzene rings is 1. The Kier molecular flexibility index (Phi) is 3.43. The number of hydrogen-bond donors (Lipinski definition) is 1. The third-order valence-corrected chi connectivity index (χ3v) is 7.03. The Balaban J connectivity index is 1.26. The Hall–Kier alpha value is -3.15. The average molecular weight is 388 g/mol. The van der Waals surface area contributed by atoms with Crippen molar-refractivity contribution in [2.45, 2.75) is 13.0 Å². The largest absolute Gasteiger partial charge is 0.467 e. The molecule has 6 nitrogen and oxygen atoms in total. The number of imide groups is 1. The Morgan fingerprint density at radius 1 is 1.03 bits per heavy atom. The van der Waals surface area contributed by atoms with E-state index in [0.29, 0.717) is 28.8 Å². The van der Waals surface area contributed by atoms with Gasteiger partial charge in [-0.1, -0.05) is 18.2 Å². The second kappa shape index (κ2) is 5.92. The van der Waals surface area contributed by atoms with E-state index in [1.165, 1.54) is 4.90 Å². The number of anilines is 1. The Morgan fingerprint density at radius 3 is 2.41 bits per heavy atom. The molecule has 3 fully saturated rings. The first-order chi connectivity index (χ1) is 14.1. The van der Waals surface area contributed by atoms with Crippen molar-refractivity contribution < 1.29 is 18.8 Å². The summed E-state index contributed by atoms with van der Waals surface area (Å²) in [7, 11) is 0. The van der Waals surface area contributed by atoms with Crippen LogP contribution in [0.2, 0.25) is 0 Å². The molecule has 2 heterocycles. The second-order valence-electron chi connectivity index (χ2n) is 8.48. The summed E-state index contributed by atoms with van der Waals surface area (Å²) in [5.41, 5.74) is 0.890. The molecule has 0 radical (unpaired) electrons. The smallest absolute Gasteiger partial charge is 0.251 e. The molecule has 29 heavy (non-hydrogen) atoms. The summed E-state index contributed by atoms with van der Waals surface area (Å²) in [5, 5.41) is 2.80.